The SMILES string of the molecule is CCN(C)CC.[H]. The Morgan fingerprint density at radius 1 is 1.33 bits per heavy atom. The minimum Gasteiger partial charge on any atom is -0.307 e. The maximum absolute atomic E-state index is 2.25. The first-order valence-corrected chi connectivity index (χ1v) is 2.49. The quantitative estimate of drug-likeness (QED) is 0.488. The van der Waals surface area contributed by atoms with Crippen LogP contribution in [0.1, 0.15) is 15.3 Å². The maximum atomic E-state index is 2.25. The summed E-state index contributed by atoms with van der Waals surface area (Å²) in [5.41, 5.74) is 0. The van der Waals surface area contributed by atoms with Crippen molar-refractivity contribution in [1.29, 1.82) is 0 Å². The Balaban J connectivity index is 0. The van der Waals surface area contributed by atoms with Crippen molar-refractivity contribution in [3.8, 4) is 0 Å². The highest BCUT2D eigenvalue weighted by atomic mass is 15.1. The predicted octanol–water partition coefficient (Wildman–Crippen LogP) is 1.07. The van der Waals surface area contributed by atoms with Crippen LogP contribution in [-0.2, 0) is 0 Å². The Kier molecular flexibility index (Phi) is 3.14. The van der Waals surface area contributed by atoms with E-state index in [-0.39, 0.29) is 1.43 Å². The molecule has 0 amide bonds. The van der Waals surface area contributed by atoms with Crippen LogP contribution in [0, 0.1) is 0 Å². The molecule has 39 valence electrons. The van der Waals surface area contributed by atoms with Gasteiger partial charge in [0.25, 0.3) is 0 Å². The van der Waals surface area contributed by atoms with Gasteiger partial charge in [0, 0.05) is 1.43 Å². The molecule has 0 unspecified atom stereocenters. The molecular weight excluding hydrogens is 74.1 g/mol. The molecule has 0 saturated heterocycles. The average Bonchev–Trinajstić information content (AvgIpc) is 1.65. The van der Waals surface area contributed by atoms with Crippen molar-refractivity contribution < 1.29 is 1.43 Å². The van der Waals surface area contributed by atoms with E-state index in [0.717, 1.165) is 13.1 Å². The summed E-state index contributed by atoms with van der Waals surface area (Å²) in [6.45, 7) is 6.64. The van der Waals surface area contributed by atoms with Crippen molar-refractivity contribution in [3.63, 3.8) is 0 Å². The Bertz CT molecular complexity index is 27.3. The number of nitrogens with zero attached hydrogens (tertiary/aromatic N) is 1. The zero-order chi connectivity index (χ0) is 4.99. The summed E-state index contributed by atoms with van der Waals surface area (Å²) in [5.74, 6) is 0. The molecule has 0 heterocycles. The van der Waals surface area contributed by atoms with Crippen LogP contribution < -0.4 is 0 Å². The van der Waals surface area contributed by atoms with E-state index in [1.165, 1.54) is 0 Å². The molecule has 0 aromatic carbocycles. The molecule has 0 aromatic heterocycles. The highest BCUT2D eigenvalue weighted by Gasteiger charge is 1.81. The highest BCUT2D eigenvalue weighted by molar-refractivity contribution is 4.36. The zero-order valence-corrected chi connectivity index (χ0v) is 4.86. The second kappa shape index (κ2) is 3.16. The second-order valence-corrected chi connectivity index (χ2v) is 1.49. The van der Waals surface area contributed by atoms with E-state index < -0.39 is 0 Å². The van der Waals surface area contributed by atoms with E-state index in [1.54, 1.807) is 0 Å². The van der Waals surface area contributed by atoms with Crippen molar-refractivity contribution in [3.05, 3.63) is 0 Å². The van der Waals surface area contributed by atoms with E-state index in [4.69, 9.17) is 0 Å². The molecule has 0 bridgehead atoms. The fraction of sp³-hybridized carbons (Fsp3) is 1.00. The first-order chi connectivity index (χ1) is 2.81. The van der Waals surface area contributed by atoms with E-state index in [2.05, 4.69) is 25.8 Å². The molecule has 0 saturated carbocycles. The summed E-state index contributed by atoms with van der Waals surface area (Å²) in [6.07, 6.45) is 0. The molecule has 0 aliphatic rings. The van der Waals surface area contributed by atoms with E-state index in [1.807, 2.05) is 0 Å². The molecule has 0 aromatic rings. The molecule has 0 rings (SSSR count). The number of hydrogen-bond donors (Lipinski definition) is 0. The van der Waals surface area contributed by atoms with Crippen molar-refractivity contribution in [2.24, 2.45) is 0 Å². The molecule has 0 aliphatic heterocycles. The van der Waals surface area contributed by atoms with Crippen LogP contribution in [0.25, 0.3) is 0 Å². The Morgan fingerprint density at radius 2 is 1.67 bits per heavy atom. The Labute approximate surface area is 41.4 Å². The normalized spacial score (nSPS) is 10.0. The third-order valence-electron chi connectivity index (χ3n) is 1.08. The van der Waals surface area contributed by atoms with Gasteiger partial charge in [-0.1, -0.05) is 13.8 Å². The molecule has 1 heteroatoms. The summed E-state index contributed by atoms with van der Waals surface area (Å²) < 4.78 is 0. The molecule has 6 heavy (non-hydrogen) atoms. The third kappa shape index (κ3) is 2.21. The smallest absolute Gasteiger partial charge is 0 e. The van der Waals surface area contributed by atoms with Gasteiger partial charge in [0.15, 0.2) is 0 Å². The van der Waals surface area contributed by atoms with Crippen LogP contribution in [0.4, 0.5) is 0 Å². The van der Waals surface area contributed by atoms with Gasteiger partial charge in [-0.25, -0.2) is 0 Å². The molecular formula is C5H14N. The van der Waals surface area contributed by atoms with Crippen molar-refractivity contribution in [2.75, 3.05) is 20.1 Å². The Morgan fingerprint density at radius 3 is 1.67 bits per heavy atom. The highest BCUT2D eigenvalue weighted by Crippen LogP contribution is 1.73. The van der Waals surface area contributed by atoms with Crippen LogP contribution in [-0.4, -0.2) is 25.0 Å². The van der Waals surface area contributed by atoms with Crippen LogP contribution in [0.5, 0.6) is 0 Å². The summed E-state index contributed by atoms with van der Waals surface area (Å²) in [6, 6.07) is 0. The summed E-state index contributed by atoms with van der Waals surface area (Å²) >= 11 is 0. The van der Waals surface area contributed by atoms with Crippen LogP contribution >= 0.6 is 0 Å². The van der Waals surface area contributed by atoms with Crippen molar-refractivity contribution in [2.45, 2.75) is 13.8 Å². The maximum Gasteiger partial charge on any atom is 0 e. The minimum atomic E-state index is 0. The predicted molar refractivity (Wildman–Crippen MR) is 30.0 cm³/mol. The summed E-state index contributed by atoms with van der Waals surface area (Å²) in [5, 5.41) is 0. The van der Waals surface area contributed by atoms with Crippen LogP contribution in [0.2, 0.25) is 0 Å². The zero-order valence-electron chi connectivity index (χ0n) is 5.86. The first-order valence-electron chi connectivity index (χ1n) is 2.49. The third-order valence-corrected chi connectivity index (χ3v) is 1.08. The van der Waals surface area contributed by atoms with Gasteiger partial charge >= 0.3 is 0 Å². The van der Waals surface area contributed by atoms with E-state index in [0.29, 0.717) is 0 Å². The average molecular weight is 88.2 g/mol. The lowest BCUT2D eigenvalue weighted by atomic mass is 10.6. The fourth-order valence-corrected chi connectivity index (χ4v) is 0.224. The molecule has 1 nitrogen and oxygen atoms in total. The second-order valence-electron chi connectivity index (χ2n) is 1.49. The van der Waals surface area contributed by atoms with Gasteiger partial charge in [0.05, 0.1) is 0 Å². The van der Waals surface area contributed by atoms with E-state index >= 15 is 0 Å². The van der Waals surface area contributed by atoms with Gasteiger partial charge in [-0.15, -0.1) is 0 Å². The molecule has 0 aliphatic carbocycles. The van der Waals surface area contributed by atoms with Gasteiger partial charge in [-0.2, -0.15) is 0 Å². The fourth-order valence-electron chi connectivity index (χ4n) is 0.224. The summed E-state index contributed by atoms with van der Waals surface area (Å²) in [4.78, 5) is 2.25. The topological polar surface area (TPSA) is 3.24 Å². The van der Waals surface area contributed by atoms with Crippen LogP contribution in [0.15, 0.2) is 0 Å². The molecule has 0 N–H and O–H groups in total. The van der Waals surface area contributed by atoms with Gasteiger partial charge < -0.3 is 4.90 Å². The summed E-state index contributed by atoms with van der Waals surface area (Å²) in [7, 11) is 2.11. The van der Waals surface area contributed by atoms with Gasteiger partial charge in [-0.05, 0) is 20.1 Å². The number of hydrogen-bond acceptors (Lipinski definition) is 1. The number of rotatable bonds is 2. The van der Waals surface area contributed by atoms with Gasteiger partial charge in [-0.3, -0.25) is 0 Å². The lowest BCUT2D eigenvalue weighted by molar-refractivity contribution is 0.373. The van der Waals surface area contributed by atoms with Crippen molar-refractivity contribution >= 4 is 0 Å². The monoisotopic (exact) mass is 88.1 g/mol. The van der Waals surface area contributed by atoms with Gasteiger partial charge in [0.2, 0.25) is 0 Å². The standard InChI is InChI=1S/C5H13N.H/c1-4-6(3)5-2;/h4-5H2,1-3H3;. The molecule has 0 atom stereocenters. The molecule has 0 spiro atoms. The van der Waals surface area contributed by atoms with Gasteiger partial charge in [0.1, 0.15) is 0 Å². The molecule has 1 radical (unpaired) electrons. The lowest BCUT2D eigenvalue weighted by Gasteiger charge is -2.07. The van der Waals surface area contributed by atoms with Crippen molar-refractivity contribution in [1.82, 2.24) is 4.90 Å². The molecule has 0 fully saturated rings. The van der Waals surface area contributed by atoms with E-state index in [9.17, 15) is 0 Å². The van der Waals surface area contributed by atoms with Crippen LogP contribution in [0.3, 0.4) is 0 Å². The first kappa shape index (κ1) is 5.96. The lowest BCUT2D eigenvalue weighted by Crippen LogP contribution is -2.15. The largest absolute Gasteiger partial charge is 0.307 e. The Hall–Kier alpha value is -0.0400. The minimum absolute atomic E-state index is 0.